The van der Waals surface area contributed by atoms with Crippen LogP contribution in [0.2, 0.25) is 0 Å². The number of ether oxygens (including phenoxy) is 1. The molecule has 1 unspecified atom stereocenters. The Hall–Kier alpha value is -1.02. The van der Waals surface area contributed by atoms with Crippen molar-refractivity contribution in [1.29, 1.82) is 0 Å². The Morgan fingerprint density at radius 3 is 2.24 bits per heavy atom. The Morgan fingerprint density at radius 1 is 1.18 bits per heavy atom. The SMILES string of the molecule is CCCOc1ccc(C(O)C(C)(C)CC)cc1. The van der Waals surface area contributed by atoms with Gasteiger partial charge in [0.05, 0.1) is 12.7 Å². The number of benzene rings is 1. The molecular formula is C15H24O2. The first-order valence-electron chi connectivity index (χ1n) is 6.42. The molecule has 1 aromatic carbocycles. The van der Waals surface area contributed by atoms with E-state index in [-0.39, 0.29) is 5.41 Å². The highest BCUT2D eigenvalue weighted by atomic mass is 16.5. The molecule has 96 valence electrons. The van der Waals surface area contributed by atoms with E-state index in [9.17, 15) is 5.11 Å². The normalized spacial score (nSPS) is 13.5. The molecule has 0 aliphatic carbocycles. The van der Waals surface area contributed by atoms with Crippen LogP contribution in [0.25, 0.3) is 0 Å². The van der Waals surface area contributed by atoms with Crippen molar-refractivity contribution >= 4 is 0 Å². The molecule has 0 spiro atoms. The van der Waals surface area contributed by atoms with Crippen LogP contribution in [-0.4, -0.2) is 11.7 Å². The fourth-order valence-corrected chi connectivity index (χ4v) is 1.61. The van der Waals surface area contributed by atoms with E-state index in [0.29, 0.717) is 0 Å². The summed E-state index contributed by atoms with van der Waals surface area (Å²) in [6, 6.07) is 7.76. The van der Waals surface area contributed by atoms with Crippen LogP contribution in [0.3, 0.4) is 0 Å². The minimum atomic E-state index is -0.423. The van der Waals surface area contributed by atoms with Crippen LogP contribution < -0.4 is 4.74 Å². The zero-order valence-corrected chi connectivity index (χ0v) is 11.4. The lowest BCUT2D eigenvalue weighted by atomic mass is 9.80. The summed E-state index contributed by atoms with van der Waals surface area (Å²) < 4.78 is 5.52. The third-order valence-electron chi connectivity index (χ3n) is 3.32. The molecule has 1 aromatic rings. The van der Waals surface area contributed by atoms with Gasteiger partial charge in [-0.1, -0.05) is 39.8 Å². The molecule has 0 heterocycles. The summed E-state index contributed by atoms with van der Waals surface area (Å²) in [5, 5.41) is 10.3. The van der Waals surface area contributed by atoms with Gasteiger partial charge in [0.25, 0.3) is 0 Å². The molecule has 0 saturated heterocycles. The van der Waals surface area contributed by atoms with Crippen LogP contribution >= 0.6 is 0 Å². The Morgan fingerprint density at radius 2 is 1.76 bits per heavy atom. The number of aliphatic hydroxyl groups excluding tert-OH is 1. The van der Waals surface area contributed by atoms with E-state index in [2.05, 4.69) is 27.7 Å². The molecule has 0 amide bonds. The number of hydrogen-bond donors (Lipinski definition) is 1. The van der Waals surface area contributed by atoms with Gasteiger partial charge in [0.2, 0.25) is 0 Å². The van der Waals surface area contributed by atoms with Gasteiger partial charge in [-0.25, -0.2) is 0 Å². The summed E-state index contributed by atoms with van der Waals surface area (Å²) in [6.07, 6.45) is 1.53. The van der Waals surface area contributed by atoms with Gasteiger partial charge in [-0.05, 0) is 36.0 Å². The van der Waals surface area contributed by atoms with Crippen LogP contribution in [0.5, 0.6) is 5.75 Å². The van der Waals surface area contributed by atoms with E-state index in [0.717, 1.165) is 30.8 Å². The topological polar surface area (TPSA) is 29.5 Å². The van der Waals surface area contributed by atoms with Crippen molar-refractivity contribution < 1.29 is 9.84 Å². The molecular weight excluding hydrogens is 212 g/mol. The fourth-order valence-electron chi connectivity index (χ4n) is 1.61. The highest BCUT2D eigenvalue weighted by Gasteiger charge is 2.26. The van der Waals surface area contributed by atoms with Crippen LogP contribution in [0, 0.1) is 5.41 Å². The predicted molar refractivity (Wildman–Crippen MR) is 71.3 cm³/mol. The van der Waals surface area contributed by atoms with Gasteiger partial charge in [0.15, 0.2) is 0 Å². The monoisotopic (exact) mass is 236 g/mol. The molecule has 0 aliphatic rings. The largest absolute Gasteiger partial charge is 0.494 e. The fraction of sp³-hybridized carbons (Fsp3) is 0.600. The van der Waals surface area contributed by atoms with E-state index >= 15 is 0 Å². The summed E-state index contributed by atoms with van der Waals surface area (Å²) in [4.78, 5) is 0. The van der Waals surface area contributed by atoms with E-state index in [1.165, 1.54) is 0 Å². The maximum absolute atomic E-state index is 10.3. The summed E-state index contributed by atoms with van der Waals surface area (Å²) in [5.41, 5.74) is 0.868. The zero-order chi connectivity index (χ0) is 12.9. The molecule has 17 heavy (non-hydrogen) atoms. The zero-order valence-electron chi connectivity index (χ0n) is 11.4. The first kappa shape index (κ1) is 14.0. The van der Waals surface area contributed by atoms with Crippen LogP contribution in [0.1, 0.15) is 52.2 Å². The predicted octanol–water partition coefficient (Wildman–Crippen LogP) is 3.95. The van der Waals surface area contributed by atoms with Crippen molar-refractivity contribution in [3.8, 4) is 5.75 Å². The van der Waals surface area contributed by atoms with E-state index < -0.39 is 6.10 Å². The first-order chi connectivity index (χ1) is 8.01. The van der Waals surface area contributed by atoms with Crippen molar-refractivity contribution in [2.45, 2.75) is 46.6 Å². The molecule has 0 bridgehead atoms. The third-order valence-corrected chi connectivity index (χ3v) is 3.32. The van der Waals surface area contributed by atoms with Crippen LogP contribution in [0.4, 0.5) is 0 Å². The molecule has 2 nitrogen and oxygen atoms in total. The molecule has 1 rings (SSSR count). The second-order valence-corrected chi connectivity index (χ2v) is 5.16. The second kappa shape index (κ2) is 6.06. The van der Waals surface area contributed by atoms with Crippen LogP contribution in [0.15, 0.2) is 24.3 Å². The van der Waals surface area contributed by atoms with Crippen LogP contribution in [-0.2, 0) is 0 Å². The van der Waals surface area contributed by atoms with Gasteiger partial charge in [-0.2, -0.15) is 0 Å². The maximum Gasteiger partial charge on any atom is 0.119 e. The average Bonchev–Trinajstić information content (AvgIpc) is 2.36. The summed E-state index contributed by atoms with van der Waals surface area (Å²) in [5.74, 6) is 0.872. The average molecular weight is 236 g/mol. The van der Waals surface area contributed by atoms with Gasteiger partial charge in [-0.3, -0.25) is 0 Å². The molecule has 0 radical (unpaired) electrons. The summed E-state index contributed by atoms with van der Waals surface area (Å²) in [6.45, 7) is 9.09. The van der Waals surface area contributed by atoms with Gasteiger partial charge in [0, 0.05) is 0 Å². The van der Waals surface area contributed by atoms with E-state index in [1.807, 2.05) is 24.3 Å². The molecule has 0 saturated carbocycles. The standard InChI is InChI=1S/C15H24O2/c1-5-11-17-13-9-7-12(8-10-13)14(16)15(3,4)6-2/h7-10,14,16H,5-6,11H2,1-4H3. The van der Waals surface area contributed by atoms with Gasteiger partial charge < -0.3 is 9.84 Å². The van der Waals surface area contributed by atoms with Gasteiger partial charge in [0.1, 0.15) is 5.75 Å². The second-order valence-electron chi connectivity index (χ2n) is 5.16. The highest BCUT2D eigenvalue weighted by molar-refractivity contribution is 5.29. The van der Waals surface area contributed by atoms with Crippen molar-refractivity contribution in [1.82, 2.24) is 0 Å². The Kier molecular flexibility index (Phi) is 5.01. The summed E-state index contributed by atoms with van der Waals surface area (Å²) >= 11 is 0. The van der Waals surface area contributed by atoms with Crippen molar-refractivity contribution in [3.05, 3.63) is 29.8 Å². The smallest absolute Gasteiger partial charge is 0.119 e. The third kappa shape index (κ3) is 3.74. The minimum absolute atomic E-state index is 0.0915. The lowest BCUT2D eigenvalue weighted by Crippen LogP contribution is -2.20. The number of rotatable bonds is 6. The van der Waals surface area contributed by atoms with Crippen molar-refractivity contribution in [3.63, 3.8) is 0 Å². The van der Waals surface area contributed by atoms with Crippen molar-refractivity contribution in [2.24, 2.45) is 5.41 Å². The quantitative estimate of drug-likeness (QED) is 0.810. The molecule has 1 atom stereocenters. The van der Waals surface area contributed by atoms with Gasteiger partial charge in [-0.15, -0.1) is 0 Å². The number of hydrogen-bond acceptors (Lipinski definition) is 2. The molecule has 1 N–H and O–H groups in total. The molecule has 0 aromatic heterocycles. The van der Waals surface area contributed by atoms with Crippen molar-refractivity contribution in [2.75, 3.05) is 6.61 Å². The lowest BCUT2D eigenvalue weighted by Gasteiger charge is -2.29. The minimum Gasteiger partial charge on any atom is -0.494 e. The Labute approximate surface area is 105 Å². The van der Waals surface area contributed by atoms with Gasteiger partial charge >= 0.3 is 0 Å². The van der Waals surface area contributed by atoms with E-state index in [4.69, 9.17) is 4.74 Å². The Bertz CT molecular complexity index is 327. The molecule has 0 fully saturated rings. The number of aliphatic hydroxyl groups is 1. The first-order valence-corrected chi connectivity index (χ1v) is 6.42. The lowest BCUT2D eigenvalue weighted by molar-refractivity contribution is 0.0465. The molecule has 2 heteroatoms. The van der Waals surface area contributed by atoms with E-state index in [1.54, 1.807) is 0 Å². The summed E-state index contributed by atoms with van der Waals surface area (Å²) in [7, 11) is 0. The Balaban J connectivity index is 2.73. The maximum atomic E-state index is 10.3. The highest BCUT2D eigenvalue weighted by Crippen LogP contribution is 2.36. The molecule has 0 aliphatic heterocycles.